The standard InChI is InChI=1S/C18H26O3S/c1-18(15-6-12-4-13(8-15)9-16(18)7-12)21-22(19,20)17-10-11-2-3-14(17)5-11/h10-16H,2-9H2,1H3. The third-order valence-corrected chi connectivity index (χ3v) is 9.24. The van der Waals surface area contributed by atoms with E-state index < -0.39 is 15.7 Å². The maximum atomic E-state index is 12.9. The van der Waals surface area contributed by atoms with E-state index in [0.29, 0.717) is 22.7 Å². The lowest BCUT2D eigenvalue weighted by molar-refractivity contribution is -0.142. The summed E-state index contributed by atoms with van der Waals surface area (Å²) >= 11 is 0. The molecule has 0 amide bonds. The molecule has 0 radical (unpaired) electrons. The lowest BCUT2D eigenvalue weighted by Gasteiger charge is -2.59. The van der Waals surface area contributed by atoms with E-state index in [0.717, 1.165) is 31.1 Å². The van der Waals surface area contributed by atoms with Gasteiger partial charge in [0.15, 0.2) is 0 Å². The van der Waals surface area contributed by atoms with Crippen LogP contribution in [0.1, 0.15) is 58.3 Å². The summed E-state index contributed by atoms with van der Waals surface area (Å²) in [6, 6.07) is 0. The fraction of sp³-hybridized carbons (Fsp3) is 0.889. The predicted molar refractivity (Wildman–Crippen MR) is 84.4 cm³/mol. The van der Waals surface area contributed by atoms with Gasteiger partial charge in [-0.15, -0.1) is 0 Å². The minimum absolute atomic E-state index is 0.246. The molecule has 0 aliphatic heterocycles. The van der Waals surface area contributed by atoms with Crippen LogP contribution in [0.5, 0.6) is 0 Å². The van der Waals surface area contributed by atoms with Crippen molar-refractivity contribution in [2.75, 3.05) is 0 Å². The molecular formula is C18H26O3S. The minimum atomic E-state index is -3.53. The fourth-order valence-electron chi connectivity index (χ4n) is 6.62. The van der Waals surface area contributed by atoms with E-state index in [-0.39, 0.29) is 5.92 Å². The highest BCUT2D eigenvalue weighted by atomic mass is 32.2. The van der Waals surface area contributed by atoms with Gasteiger partial charge in [-0.2, -0.15) is 8.42 Å². The van der Waals surface area contributed by atoms with Gasteiger partial charge in [-0.1, -0.05) is 6.08 Å². The SMILES string of the molecule is CC1(OS(=O)(=O)C2=CC3CCC2C3)C2CC3CC(C2)CC1C3. The van der Waals surface area contributed by atoms with Crippen LogP contribution in [-0.4, -0.2) is 14.0 Å². The second-order valence-electron chi connectivity index (χ2n) is 8.86. The van der Waals surface area contributed by atoms with Gasteiger partial charge in [-0.3, -0.25) is 4.18 Å². The zero-order valence-electron chi connectivity index (χ0n) is 13.3. The smallest absolute Gasteiger partial charge is 0.260 e. The molecule has 6 bridgehead atoms. The van der Waals surface area contributed by atoms with Crippen molar-refractivity contribution in [1.82, 2.24) is 0 Å². The first kappa shape index (κ1) is 14.0. The lowest BCUT2D eigenvalue weighted by atomic mass is 9.50. The third kappa shape index (κ3) is 1.86. The van der Waals surface area contributed by atoms with E-state index in [1.165, 1.54) is 32.1 Å². The average molecular weight is 322 g/mol. The summed E-state index contributed by atoms with van der Waals surface area (Å²) in [7, 11) is -3.53. The van der Waals surface area contributed by atoms with Crippen molar-refractivity contribution in [3.8, 4) is 0 Å². The maximum absolute atomic E-state index is 12.9. The van der Waals surface area contributed by atoms with Crippen molar-refractivity contribution < 1.29 is 12.6 Å². The second-order valence-corrected chi connectivity index (χ2v) is 10.4. The normalized spacial score (nSPS) is 52.3. The van der Waals surface area contributed by atoms with Crippen LogP contribution >= 0.6 is 0 Å². The molecule has 4 heteroatoms. The molecule has 5 fully saturated rings. The first-order chi connectivity index (χ1) is 10.4. The molecule has 0 N–H and O–H groups in total. The second kappa shape index (κ2) is 4.38. The summed E-state index contributed by atoms with van der Waals surface area (Å²) in [5.74, 6) is 3.32. The Balaban J connectivity index is 1.44. The average Bonchev–Trinajstić information content (AvgIpc) is 3.07. The van der Waals surface area contributed by atoms with Gasteiger partial charge in [0.25, 0.3) is 10.1 Å². The topological polar surface area (TPSA) is 43.4 Å². The van der Waals surface area contributed by atoms with Gasteiger partial charge in [0, 0.05) is 0 Å². The van der Waals surface area contributed by atoms with Crippen LogP contribution in [0, 0.1) is 35.5 Å². The number of hydrogen-bond acceptors (Lipinski definition) is 3. The summed E-state index contributed by atoms with van der Waals surface area (Å²) in [5, 5.41) is 0. The molecule has 6 aliphatic rings. The molecular weight excluding hydrogens is 296 g/mol. The molecule has 0 spiro atoms. The van der Waals surface area contributed by atoms with Crippen molar-refractivity contribution in [3.05, 3.63) is 11.0 Å². The Labute approximate surface area is 133 Å². The quantitative estimate of drug-likeness (QED) is 0.741. The number of hydrogen-bond donors (Lipinski definition) is 0. The van der Waals surface area contributed by atoms with Crippen molar-refractivity contribution >= 4 is 10.1 Å². The highest BCUT2D eigenvalue weighted by molar-refractivity contribution is 7.90. The number of fused-ring (bicyclic) bond motifs is 2. The molecule has 3 nitrogen and oxygen atoms in total. The highest BCUT2D eigenvalue weighted by Crippen LogP contribution is 2.60. The van der Waals surface area contributed by atoms with Crippen molar-refractivity contribution in [2.45, 2.75) is 63.9 Å². The van der Waals surface area contributed by atoms with Gasteiger partial charge in [0.05, 0.1) is 10.5 Å². The molecule has 0 aromatic carbocycles. The van der Waals surface area contributed by atoms with Crippen LogP contribution in [0.3, 0.4) is 0 Å². The van der Waals surface area contributed by atoms with Crippen molar-refractivity contribution in [3.63, 3.8) is 0 Å². The predicted octanol–water partition coefficient (Wildman–Crippen LogP) is 3.86. The van der Waals surface area contributed by atoms with E-state index in [1.54, 1.807) is 0 Å². The van der Waals surface area contributed by atoms with Crippen LogP contribution in [0.2, 0.25) is 0 Å². The van der Waals surface area contributed by atoms with Crippen molar-refractivity contribution in [2.24, 2.45) is 35.5 Å². The van der Waals surface area contributed by atoms with E-state index in [4.69, 9.17) is 4.18 Å². The molecule has 6 rings (SSSR count). The first-order valence-corrected chi connectivity index (χ1v) is 10.5. The summed E-state index contributed by atoms with van der Waals surface area (Å²) in [4.78, 5) is 0.624. The Bertz CT molecular complexity index is 605. The Morgan fingerprint density at radius 3 is 2.14 bits per heavy atom. The minimum Gasteiger partial charge on any atom is -0.260 e. The van der Waals surface area contributed by atoms with E-state index >= 15 is 0 Å². The third-order valence-electron chi connectivity index (χ3n) is 7.61. The molecule has 0 aromatic rings. The van der Waals surface area contributed by atoms with Crippen LogP contribution in [0.4, 0.5) is 0 Å². The molecule has 122 valence electrons. The van der Waals surface area contributed by atoms with Gasteiger partial charge in [0.2, 0.25) is 0 Å². The zero-order valence-corrected chi connectivity index (χ0v) is 14.1. The fourth-order valence-corrected chi connectivity index (χ4v) is 8.45. The van der Waals surface area contributed by atoms with Crippen LogP contribution in [0.25, 0.3) is 0 Å². The molecule has 2 atom stereocenters. The largest absolute Gasteiger partial charge is 0.293 e. The lowest BCUT2D eigenvalue weighted by Crippen LogP contribution is -2.58. The highest BCUT2D eigenvalue weighted by Gasteiger charge is 2.58. The molecule has 0 heterocycles. The molecule has 0 aromatic heterocycles. The first-order valence-electron chi connectivity index (χ1n) is 9.11. The summed E-state index contributed by atoms with van der Waals surface area (Å²) in [6.07, 6.45) is 11.4. The van der Waals surface area contributed by atoms with Gasteiger partial charge in [-0.05, 0) is 93.8 Å². The van der Waals surface area contributed by atoms with Crippen LogP contribution < -0.4 is 0 Å². The van der Waals surface area contributed by atoms with Crippen LogP contribution in [0.15, 0.2) is 11.0 Å². The Morgan fingerprint density at radius 1 is 1.00 bits per heavy atom. The number of allylic oxidation sites excluding steroid dienone is 2. The molecule has 5 saturated carbocycles. The van der Waals surface area contributed by atoms with Crippen molar-refractivity contribution in [1.29, 1.82) is 0 Å². The van der Waals surface area contributed by atoms with Gasteiger partial charge in [-0.25, -0.2) is 0 Å². The summed E-state index contributed by atoms with van der Waals surface area (Å²) < 4.78 is 31.9. The number of rotatable bonds is 3. The maximum Gasteiger partial charge on any atom is 0.293 e. The van der Waals surface area contributed by atoms with Gasteiger partial charge >= 0.3 is 0 Å². The van der Waals surface area contributed by atoms with Gasteiger partial charge < -0.3 is 0 Å². The Morgan fingerprint density at radius 2 is 1.64 bits per heavy atom. The zero-order chi connectivity index (χ0) is 15.1. The van der Waals surface area contributed by atoms with E-state index in [2.05, 4.69) is 6.92 Å². The van der Waals surface area contributed by atoms with Gasteiger partial charge in [0.1, 0.15) is 0 Å². The Kier molecular flexibility index (Phi) is 2.80. The van der Waals surface area contributed by atoms with E-state index in [1.807, 2.05) is 6.08 Å². The Hall–Kier alpha value is -0.350. The molecule has 2 unspecified atom stereocenters. The molecule has 6 aliphatic carbocycles. The van der Waals surface area contributed by atoms with Crippen LogP contribution in [-0.2, 0) is 14.3 Å². The molecule has 0 saturated heterocycles. The summed E-state index contributed by atoms with van der Waals surface area (Å²) in [6.45, 7) is 2.10. The van der Waals surface area contributed by atoms with E-state index in [9.17, 15) is 8.42 Å². The monoisotopic (exact) mass is 322 g/mol. The molecule has 22 heavy (non-hydrogen) atoms. The summed E-state index contributed by atoms with van der Waals surface area (Å²) in [5.41, 5.74) is -0.436.